The molecule has 0 aliphatic rings. The number of benzene rings is 1. The van der Waals surface area contributed by atoms with Crippen molar-refractivity contribution in [1.29, 1.82) is 0 Å². The molecule has 1 amide bonds. The third kappa shape index (κ3) is 5.73. The van der Waals surface area contributed by atoms with Crippen LogP contribution in [0.4, 0.5) is 13.2 Å². The maximum absolute atomic E-state index is 12.5. The quantitative estimate of drug-likeness (QED) is 0.785. The first kappa shape index (κ1) is 19.7. The fourth-order valence-corrected chi connectivity index (χ4v) is 2.95. The van der Waals surface area contributed by atoms with Crippen LogP contribution in [0.5, 0.6) is 5.75 Å². The third-order valence-corrected chi connectivity index (χ3v) is 4.81. The monoisotopic (exact) mass is 388 g/mol. The van der Waals surface area contributed by atoms with Crippen LogP contribution in [0, 0.1) is 0 Å². The minimum Gasteiger partial charge on any atom is -0.484 e. The second kappa shape index (κ2) is 8.17. The Hall–Kier alpha value is -2.62. The highest BCUT2D eigenvalue weighted by atomic mass is 32.2. The highest BCUT2D eigenvalue weighted by Crippen LogP contribution is 2.28. The molecule has 0 radical (unpaired) electrons. The molecule has 6 nitrogen and oxygen atoms in total. The van der Waals surface area contributed by atoms with Crippen LogP contribution in [-0.2, 0) is 20.8 Å². The first-order valence-corrected chi connectivity index (χ1v) is 9.04. The Morgan fingerprint density at radius 2 is 1.81 bits per heavy atom. The van der Waals surface area contributed by atoms with E-state index in [1.54, 1.807) is 30.3 Å². The largest absolute Gasteiger partial charge is 0.484 e. The molecule has 2 aromatic rings. The topological polar surface area (TPSA) is 85.4 Å². The van der Waals surface area contributed by atoms with Crippen LogP contribution < -0.4 is 10.1 Å². The third-order valence-electron chi connectivity index (χ3n) is 3.19. The van der Waals surface area contributed by atoms with Crippen molar-refractivity contribution in [3.05, 3.63) is 54.2 Å². The molecular formula is C16H15F3N2O4S. The fraction of sp³-hybridized carbons (Fsp3) is 0.250. The van der Waals surface area contributed by atoms with Crippen molar-refractivity contribution >= 4 is 15.7 Å². The van der Waals surface area contributed by atoms with Gasteiger partial charge in [-0.25, -0.2) is 13.4 Å². The Morgan fingerprint density at radius 3 is 2.38 bits per heavy atom. The molecule has 2 rings (SSSR count). The van der Waals surface area contributed by atoms with Gasteiger partial charge in [0.2, 0.25) is 0 Å². The molecule has 0 bridgehead atoms. The summed E-state index contributed by atoms with van der Waals surface area (Å²) in [6.07, 6.45) is -4.14. The summed E-state index contributed by atoms with van der Waals surface area (Å²) in [7, 11) is -3.92. The van der Waals surface area contributed by atoms with Crippen LogP contribution in [0.3, 0.4) is 0 Å². The van der Waals surface area contributed by atoms with E-state index in [9.17, 15) is 26.4 Å². The highest BCUT2D eigenvalue weighted by molar-refractivity contribution is 7.91. The maximum atomic E-state index is 12.5. The molecule has 0 aliphatic carbocycles. The average molecular weight is 388 g/mol. The van der Waals surface area contributed by atoms with E-state index >= 15 is 0 Å². The van der Waals surface area contributed by atoms with Crippen molar-refractivity contribution in [2.45, 2.75) is 11.2 Å². The van der Waals surface area contributed by atoms with E-state index in [2.05, 4.69) is 10.3 Å². The van der Waals surface area contributed by atoms with Gasteiger partial charge < -0.3 is 10.1 Å². The molecule has 0 aliphatic heterocycles. The predicted molar refractivity (Wildman–Crippen MR) is 86.2 cm³/mol. The number of aromatic nitrogens is 1. The molecule has 1 N–H and O–H groups in total. The Bertz CT molecular complexity index is 838. The summed E-state index contributed by atoms with van der Waals surface area (Å²) in [6, 6.07) is 10.0. The van der Waals surface area contributed by atoms with Gasteiger partial charge in [-0.15, -0.1) is 0 Å². The molecule has 0 unspecified atom stereocenters. The summed E-state index contributed by atoms with van der Waals surface area (Å²) >= 11 is 0. The van der Waals surface area contributed by atoms with Crippen molar-refractivity contribution < 1.29 is 31.1 Å². The average Bonchev–Trinajstić information content (AvgIpc) is 2.60. The molecular weight excluding hydrogens is 373 g/mol. The first-order chi connectivity index (χ1) is 12.2. The number of hydrogen-bond donors (Lipinski definition) is 1. The second-order valence-electron chi connectivity index (χ2n) is 5.15. The Kier molecular flexibility index (Phi) is 6.19. The number of rotatable bonds is 7. The van der Waals surface area contributed by atoms with Crippen molar-refractivity contribution in [3.63, 3.8) is 0 Å². The predicted octanol–water partition coefficient (Wildman–Crippen LogP) is 2.07. The van der Waals surface area contributed by atoms with Crippen LogP contribution in [0.25, 0.3) is 0 Å². The molecule has 10 heteroatoms. The number of carbonyl (C=O) groups is 1. The summed E-state index contributed by atoms with van der Waals surface area (Å²) < 4.78 is 66.6. The van der Waals surface area contributed by atoms with Crippen molar-refractivity contribution in [2.75, 3.05) is 18.9 Å². The molecule has 0 atom stereocenters. The van der Waals surface area contributed by atoms with Crippen molar-refractivity contribution in [3.8, 4) is 5.75 Å². The zero-order valence-corrected chi connectivity index (χ0v) is 14.2. The van der Waals surface area contributed by atoms with E-state index in [-0.39, 0.29) is 13.2 Å². The first-order valence-electron chi connectivity index (χ1n) is 7.39. The SMILES string of the molecule is O=C(COc1ccccc1)NCCS(=O)(=O)c1ccc(C(F)(F)F)cn1. The summed E-state index contributed by atoms with van der Waals surface area (Å²) in [5.41, 5.74) is -1.04. The zero-order chi connectivity index (χ0) is 19.2. The zero-order valence-electron chi connectivity index (χ0n) is 13.4. The number of pyridine rings is 1. The molecule has 26 heavy (non-hydrogen) atoms. The van der Waals surface area contributed by atoms with Crippen LogP contribution >= 0.6 is 0 Å². The van der Waals surface area contributed by atoms with Gasteiger partial charge in [-0.1, -0.05) is 18.2 Å². The van der Waals surface area contributed by atoms with E-state index in [0.29, 0.717) is 18.0 Å². The molecule has 1 aromatic heterocycles. The van der Waals surface area contributed by atoms with Crippen LogP contribution in [-0.4, -0.2) is 38.2 Å². The van der Waals surface area contributed by atoms with E-state index in [4.69, 9.17) is 4.74 Å². The second-order valence-corrected chi connectivity index (χ2v) is 7.21. The van der Waals surface area contributed by atoms with Gasteiger partial charge in [0.1, 0.15) is 5.75 Å². The number of alkyl halides is 3. The van der Waals surface area contributed by atoms with Gasteiger partial charge in [0.15, 0.2) is 21.5 Å². The standard InChI is InChI=1S/C16H15F3N2O4S/c17-16(18,19)12-6-7-15(21-10-12)26(23,24)9-8-20-14(22)11-25-13-4-2-1-3-5-13/h1-7,10H,8-9,11H2,(H,20,22). The minimum absolute atomic E-state index is 0.220. The van der Waals surface area contributed by atoms with Crippen LogP contribution in [0.15, 0.2) is 53.7 Å². The summed E-state index contributed by atoms with van der Waals surface area (Å²) in [5, 5.41) is 1.88. The van der Waals surface area contributed by atoms with E-state index < -0.39 is 38.3 Å². The summed E-state index contributed by atoms with van der Waals surface area (Å²) in [6.45, 7) is -0.509. The number of ether oxygens (including phenoxy) is 1. The summed E-state index contributed by atoms with van der Waals surface area (Å²) in [5.74, 6) is -0.531. The lowest BCUT2D eigenvalue weighted by Gasteiger charge is -2.09. The lowest BCUT2D eigenvalue weighted by molar-refractivity contribution is -0.137. The molecule has 0 fully saturated rings. The number of nitrogens with one attached hydrogen (secondary N) is 1. The minimum atomic E-state index is -4.60. The normalized spacial score (nSPS) is 11.8. The van der Waals surface area contributed by atoms with E-state index in [1.807, 2.05) is 0 Å². The van der Waals surface area contributed by atoms with E-state index in [0.717, 1.165) is 6.07 Å². The Balaban J connectivity index is 1.83. The van der Waals surface area contributed by atoms with Crippen molar-refractivity contribution in [2.24, 2.45) is 0 Å². The lowest BCUT2D eigenvalue weighted by atomic mass is 10.3. The fourth-order valence-electron chi connectivity index (χ4n) is 1.88. The van der Waals surface area contributed by atoms with Gasteiger partial charge in [-0.05, 0) is 24.3 Å². The molecule has 0 spiro atoms. The molecule has 1 heterocycles. The van der Waals surface area contributed by atoms with Gasteiger partial charge in [-0.3, -0.25) is 4.79 Å². The number of amides is 1. The number of nitrogens with zero attached hydrogens (tertiary/aromatic N) is 1. The number of sulfone groups is 1. The Labute approximate surface area is 147 Å². The number of hydrogen-bond acceptors (Lipinski definition) is 5. The van der Waals surface area contributed by atoms with Crippen LogP contribution in [0.1, 0.15) is 5.56 Å². The van der Waals surface area contributed by atoms with E-state index in [1.165, 1.54) is 0 Å². The smallest absolute Gasteiger partial charge is 0.417 e. The van der Waals surface area contributed by atoms with Crippen molar-refractivity contribution in [1.82, 2.24) is 10.3 Å². The Morgan fingerprint density at radius 1 is 1.12 bits per heavy atom. The van der Waals surface area contributed by atoms with Gasteiger partial charge >= 0.3 is 6.18 Å². The number of para-hydroxylation sites is 1. The molecule has 0 saturated heterocycles. The van der Waals surface area contributed by atoms with Gasteiger partial charge in [0, 0.05) is 12.7 Å². The molecule has 1 aromatic carbocycles. The number of carbonyl (C=O) groups excluding carboxylic acids is 1. The lowest BCUT2D eigenvalue weighted by Crippen LogP contribution is -2.33. The molecule has 140 valence electrons. The summed E-state index contributed by atoms with van der Waals surface area (Å²) in [4.78, 5) is 15.0. The maximum Gasteiger partial charge on any atom is 0.417 e. The van der Waals surface area contributed by atoms with Gasteiger partial charge in [0.05, 0.1) is 11.3 Å². The highest BCUT2D eigenvalue weighted by Gasteiger charge is 2.31. The molecule has 0 saturated carbocycles. The van der Waals surface area contributed by atoms with Crippen LogP contribution in [0.2, 0.25) is 0 Å². The van der Waals surface area contributed by atoms with Gasteiger partial charge in [-0.2, -0.15) is 13.2 Å². The number of halogens is 3. The van der Waals surface area contributed by atoms with Gasteiger partial charge in [0.25, 0.3) is 5.91 Å².